The number of alkyl halides is 3. The Morgan fingerprint density at radius 1 is 1.04 bits per heavy atom. The molecule has 0 bridgehead atoms. The van der Waals surface area contributed by atoms with Crippen LogP contribution in [-0.4, -0.2) is 37.0 Å². The third-order valence-corrected chi connectivity index (χ3v) is 6.11. The topological polar surface area (TPSA) is 23.6 Å². The molecule has 0 N–H and O–H groups in total. The van der Waals surface area contributed by atoms with Gasteiger partial charge in [-0.15, -0.1) is 0 Å². The quantitative estimate of drug-likeness (QED) is 0.693. The van der Waals surface area contributed by atoms with Crippen LogP contribution in [0.3, 0.4) is 0 Å². The van der Waals surface area contributed by atoms with E-state index in [1.807, 2.05) is 36.1 Å². The Hall–Kier alpha value is -2.15. The van der Waals surface area contributed by atoms with E-state index in [1.54, 1.807) is 6.92 Å². The van der Waals surface area contributed by atoms with E-state index in [0.29, 0.717) is 25.1 Å². The molecule has 0 unspecified atom stereocenters. The largest absolute Gasteiger partial charge is 0.416 e. The van der Waals surface area contributed by atoms with E-state index in [0.717, 1.165) is 34.6 Å². The van der Waals surface area contributed by atoms with Crippen molar-refractivity contribution in [2.24, 2.45) is 0 Å². The number of amides is 1. The van der Waals surface area contributed by atoms with Crippen molar-refractivity contribution in [2.75, 3.05) is 31.1 Å². The number of piperazine rings is 1. The van der Waals surface area contributed by atoms with Gasteiger partial charge in [0.15, 0.2) is 0 Å². The minimum absolute atomic E-state index is 0.169. The standard InChI is InChI=1S/C21H23F3N2OS/c1-3-20(27)26-12-10-25(11-13-26)17-6-4-5-7-19(17)28-18-9-8-16(14-15(18)2)21(22,23)24/h4-9,14H,3,10-13H2,1-2H3. The fraction of sp³-hybridized carbons (Fsp3) is 0.381. The summed E-state index contributed by atoms with van der Waals surface area (Å²) >= 11 is 1.48. The van der Waals surface area contributed by atoms with Crippen molar-refractivity contribution < 1.29 is 18.0 Å². The molecule has 2 aromatic rings. The molecule has 1 aliphatic rings. The monoisotopic (exact) mass is 408 g/mol. The summed E-state index contributed by atoms with van der Waals surface area (Å²) in [4.78, 5) is 17.8. The van der Waals surface area contributed by atoms with Crippen LogP contribution in [0.4, 0.5) is 18.9 Å². The summed E-state index contributed by atoms with van der Waals surface area (Å²) in [5.41, 5.74) is 1.03. The zero-order chi connectivity index (χ0) is 20.3. The molecular formula is C21H23F3N2OS. The second-order valence-corrected chi connectivity index (χ2v) is 7.85. The maximum Gasteiger partial charge on any atom is 0.416 e. The van der Waals surface area contributed by atoms with E-state index in [-0.39, 0.29) is 5.91 Å². The van der Waals surface area contributed by atoms with Gasteiger partial charge < -0.3 is 9.80 Å². The van der Waals surface area contributed by atoms with Gasteiger partial charge in [-0.25, -0.2) is 0 Å². The van der Waals surface area contributed by atoms with Gasteiger partial charge >= 0.3 is 6.18 Å². The fourth-order valence-electron chi connectivity index (χ4n) is 3.28. The number of carbonyl (C=O) groups is 1. The summed E-state index contributed by atoms with van der Waals surface area (Å²) in [5.74, 6) is 0.169. The molecule has 1 heterocycles. The van der Waals surface area contributed by atoms with Gasteiger partial charge in [0, 0.05) is 42.4 Å². The van der Waals surface area contributed by atoms with Gasteiger partial charge in [0.2, 0.25) is 5.91 Å². The van der Waals surface area contributed by atoms with Crippen LogP contribution in [0.1, 0.15) is 24.5 Å². The van der Waals surface area contributed by atoms with E-state index in [9.17, 15) is 18.0 Å². The molecule has 7 heteroatoms. The first kappa shape index (κ1) is 20.6. The van der Waals surface area contributed by atoms with Crippen molar-refractivity contribution in [3.05, 3.63) is 53.6 Å². The number of aryl methyl sites for hydroxylation is 1. The molecule has 0 aromatic heterocycles. The highest BCUT2D eigenvalue weighted by Gasteiger charge is 2.30. The molecule has 1 saturated heterocycles. The maximum atomic E-state index is 12.9. The molecule has 1 fully saturated rings. The summed E-state index contributed by atoms with van der Waals surface area (Å²) in [6.07, 6.45) is -3.82. The summed E-state index contributed by atoms with van der Waals surface area (Å²) in [5, 5.41) is 0. The molecule has 150 valence electrons. The molecule has 28 heavy (non-hydrogen) atoms. The number of benzene rings is 2. The Kier molecular flexibility index (Phi) is 6.23. The van der Waals surface area contributed by atoms with Gasteiger partial charge in [0.25, 0.3) is 0 Å². The smallest absolute Gasteiger partial charge is 0.367 e. The molecule has 1 amide bonds. The lowest BCUT2D eigenvalue weighted by Gasteiger charge is -2.36. The van der Waals surface area contributed by atoms with E-state index in [4.69, 9.17) is 0 Å². The molecule has 0 spiro atoms. The summed E-state index contributed by atoms with van der Waals surface area (Å²) in [6, 6.07) is 11.8. The predicted octanol–water partition coefficient (Wildman–Crippen LogP) is 5.22. The molecule has 2 aromatic carbocycles. The average molecular weight is 408 g/mol. The number of anilines is 1. The first-order chi connectivity index (χ1) is 13.3. The van der Waals surface area contributed by atoms with Crippen molar-refractivity contribution in [1.29, 1.82) is 0 Å². The lowest BCUT2D eigenvalue weighted by molar-refractivity contribution is -0.137. The van der Waals surface area contributed by atoms with Crippen LogP contribution in [0.5, 0.6) is 0 Å². The Morgan fingerprint density at radius 2 is 1.71 bits per heavy atom. The SMILES string of the molecule is CCC(=O)N1CCN(c2ccccc2Sc2ccc(C(F)(F)F)cc2C)CC1. The Bertz CT molecular complexity index is 846. The van der Waals surface area contributed by atoms with Gasteiger partial charge in [-0.05, 0) is 42.8 Å². The first-order valence-electron chi connectivity index (χ1n) is 9.27. The molecular weight excluding hydrogens is 385 g/mol. The lowest BCUT2D eigenvalue weighted by atomic mass is 10.1. The summed E-state index contributed by atoms with van der Waals surface area (Å²) < 4.78 is 38.7. The second kappa shape index (κ2) is 8.47. The maximum absolute atomic E-state index is 12.9. The van der Waals surface area contributed by atoms with Crippen LogP contribution in [0.2, 0.25) is 0 Å². The number of hydrogen-bond acceptors (Lipinski definition) is 3. The summed E-state index contributed by atoms with van der Waals surface area (Å²) in [7, 11) is 0. The van der Waals surface area contributed by atoms with E-state index < -0.39 is 11.7 Å². The zero-order valence-corrected chi connectivity index (χ0v) is 16.7. The molecule has 0 atom stereocenters. The van der Waals surface area contributed by atoms with Crippen LogP contribution in [-0.2, 0) is 11.0 Å². The molecule has 3 rings (SSSR count). The number of nitrogens with zero attached hydrogens (tertiary/aromatic N) is 2. The number of para-hydroxylation sites is 1. The van der Waals surface area contributed by atoms with Crippen molar-refractivity contribution >= 4 is 23.4 Å². The van der Waals surface area contributed by atoms with Crippen molar-refractivity contribution in [2.45, 2.75) is 36.2 Å². The van der Waals surface area contributed by atoms with Gasteiger partial charge in [0.05, 0.1) is 11.3 Å². The third kappa shape index (κ3) is 4.63. The molecule has 3 nitrogen and oxygen atoms in total. The highest BCUT2D eigenvalue weighted by Crippen LogP contribution is 2.39. The van der Waals surface area contributed by atoms with Crippen LogP contribution >= 0.6 is 11.8 Å². The normalized spacial score (nSPS) is 15.0. The predicted molar refractivity (Wildman–Crippen MR) is 106 cm³/mol. The molecule has 0 radical (unpaired) electrons. The highest BCUT2D eigenvalue weighted by atomic mass is 32.2. The van der Waals surface area contributed by atoms with Crippen LogP contribution in [0, 0.1) is 6.92 Å². The van der Waals surface area contributed by atoms with Gasteiger partial charge in [0.1, 0.15) is 0 Å². The van der Waals surface area contributed by atoms with Crippen LogP contribution in [0.25, 0.3) is 0 Å². The number of hydrogen-bond donors (Lipinski definition) is 0. The van der Waals surface area contributed by atoms with E-state index in [2.05, 4.69) is 4.90 Å². The van der Waals surface area contributed by atoms with Crippen LogP contribution in [0.15, 0.2) is 52.3 Å². The van der Waals surface area contributed by atoms with Gasteiger partial charge in [-0.3, -0.25) is 4.79 Å². The molecule has 1 aliphatic heterocycles. The zero-order valence-electron chi connectivity index (χ0n) is 15.9. The van der Waals surface area contributed by atoms with Crippen LogP contribution < -0.4 is 4.90 Å². The Morgan fingerprint density at radius 3 is 2.32 bits per heavy atom. The van der Waals surface area contributed by atoms with Crippen molar-refractivity contribution in [1.82, 2.24) is 4.90 Å². The average Bonchev–Trinajstić information content (AvgIpc) is 2.68. The van der Waals surface area contributed by atoms with Crippen molar-refractivity contribution in [3.63, 3.8) is 0 Å². The lowest BCUT2D eigenvalue weighted by Crippen LogP contribution is -2.48. The third-order valence-electron chi connectivity index (χ3n) is 4.86. The van der Waals surface area contributed by atoms with Gasteiger partial charge in [-0.1, -0.05) is 30.8 Å². The first-order valence-corrected chi connectivity index (χ1v) is 10.1. The van der Waals surface area contributed by atoms with Crippen molar-refractivity contribution in [3.8, 4) is 0 Å². The summed E-state index contributed by atoms with van der Waals surface area (Å²) in [6.45, 7) is 6.43. The Balaban J connectivity index is 1.78. The minimum atomic E-state index is -4.33. The van der Waals surface area contributed by atoms with E-state index >= 15 is 0 Å². The molecule has 0 aliphatic carbocycles. The number of carbonyl (C=O) groups excluding carboxylic acids is 1. The second-order valence-electron chi connectivity index (χ2n) is 6.77. The van der Waals surface area contributed by atoms with Gasteiger partial charge in [-0.2, -0.15) is 13.2 Å². The fourth-order valence-corrected chi connectivity index (χ4v) is 4.33. The highest BCUT2D eigenvalue weighted by molar-refractivity contribution is 7.99. The molecule has 0 saturated carbocycles. The van der Waals surface area contributed by atoms with E-state index in [1.165, 1.54) is 23.9 Å². The minimum Gasteiger partial charge on any atom is -0.367 e. The number of halogens is 3. The Labute approximate surface area is 167 Å². The number of rotatable bonds is 4.